The van der Waals surface area contributed by atoms with Crippen molar-refractivity contribution in [2.75, 3.05) is 12.8 Å². The van der Waals surface area contributed by atoms with E-state index in [2.05, 4.69) is 4.98 Å². The molecule has 0 fully saturated rings. The van der Waals surface area contributed by atoms with Crippen LogP contribution in [-0.4, -0.2) is 17.9 Å². The van der Waals surface area contributed by atoms with Gasteiger partial charge < -0.3 is 15.5 Å². The smallest absolute Gasteiger partial charge is 0.197 e. The summed E-state index contributed by atoms with van der Waals surface area (Å²) in [5.41, 5.74) is 7.43. The second-order valence-corrected chi connectivity index (χ2v) is 4.67. The van der Waals surface area contributed by atoms with Crippen LogP contribution in [-0.2, 0) is 0 Å². The Bertz CT molecular complexity index is 839. The summed E-state index contributed by atoms with van der Waals surface area (Å²) in [7, 11) is 1.56. The van der Waals surface area contributed by atoms with Gasteiger partial charge in [0.25, 0.3) is 0 Å². The zero-order valence-electron chi connectivity index (χ0n) is 11.3. The van der Waals surface area contributed by atoms with Crippen LogP contribution in [0.4, 0.5) is 10.1 Å². The quantitative estimate of drug-likeness (QED) is 0.573. The molecule has 0 spiro atoms. The van der Waals surface area contributed by atoms with Gasteiger partial charge in [0.15, 0.2) is 5.78 Å². The fourth-order valence-electron chi connectivity index (χ4n) is 2.30. The number of carbonyl (C=O) groups excluding carboxylic acids is 1. The van der Waals surface area contributed by atoms with Crippen molar-refractivity contribution in [3.63, 3.8) is 0 Å². The summed E-state index contributed by atoms with van der Waals surface area (Å²) < 4.78 is 18.3. The maximum Gasteiger partial charge on any atom is 0.197 e. The Morgan fingerprint density at radius 1 is 1.19 bits per heavy atom. The van der Waals surface area contributed by atoms with E-state index in [-0.39, 0.29) is 17.0 Å². The lowest BCUT2D eigenvalue weighted by molar-refractivity contribution is 0.104. The molecule has 0 atom stereocenters. The highest BCUT2D eigenvalue weighted by atomic mass is 19.1. The Labute approximate surface area is 120 Å². The molecule has 0 saturated carbocycles. The van der Waals surface area contributed by atoms with Gasteiger partial charge in [0, 0.05) is 33.9 Å². The molecule has 106 valence electrons. The number of benzene rings is 2. The predicted octanol–water partition coefficient (Wildman–Crippen LogP) is 3.13. The highest BCUT2D eigenvalue weighted by molar-refractivity contribution is 6.18. The van der Waals surface area contributed by atoms with Gasteiger partial charge in [-0.15, -0.1) is 0 Å². The third-order valence-electron chi connectivity index (χ3n) is 3.39. The van der Waals surface area contributed by atoms with E-state index in [0.717, 1.165) is 17.0 Å². The van der Waals surface area contributed by atoms with E-state index in [1.54, 1.807) is 25.4 Å². The summed E-state index contributed by atoms with van der Waals surface area (Å²) >= 11 is 0. The van der Waals surface area contributed by atoms with Gasteiger partial charge in [-0.05, 0) is 36.4 Å². The maximum absolute atomic E-state index is 13.1. The predicted molar refractivity (Wildman–Crippen MR) is 79.1 cm³/mol. The first-order valence-electron chi connectivity index (χ1n) is 6.35. The molecule has 3 N–H and O–H groups in total. The van der Waals surface area contributed by atoms with E-state index >= 15 is 0 Å². The number of aromatic nitrogens is 1. The van der Waals surface area contributed by atoms with Gasteiger partial charge in [-0.1, -0.05) is 0 Å². The number of nitrogens with two attached hydrogens (primary N) is 1. The highest BCUT2D eigenvalue weighted by Gasteiger charge is 2.17. The van der Waals surface area contributed by atoms with Crippen LogP contribution >= 0.6 is 0 Å². The van der Waals surface area contributed by atoms with Crippen molar-refractivity contribution < 1.29 is 13.9 Å². The molecule has 0 bridgehead atoms. The van der Waals surface area contributed by atoms with E-state index in [1.165, 1.54) is 12.1 Å². The third-order valence-corrected chi connectivity index (χ3v) is 3.39. The number of H-pyrrole nitrogens is 1. The molecule has 5 heteroatoms. The summed E-state index contributed by atoms with van der Waals surface area (Å²) in [6.45, 7) is 0. The number of carbonyl (C=O) groups is 1. The lowest BCUT2D eigenvalue weighted by Gasteiger charge is -2.05. The Hall–Kier alpha value is -2.82. The summed E-state index contributed by atoms with van der Waals surface area (Å²) in [4.78, 5) is 15.6. The van der Waals surface area contributed by atoms with E-state index in [9.17, 15) is 9.18 Å². The van der Waals surface area contributed by atoms with Crippen LogP contribution in [0, 0.1) is 5.82 Å². The molecule has 0 aliphatic heterocycles. The van der Waals surface area contributed by atoms with Crippen molar-refractivity contribution in [2.24, 2.45) is 0 Å². The van der Waals surface area contributed by atoms with Gasteiger partial charge in [-0.3, -0.25) is 4.79 Å². The van der Waals surface area contributed by atoms with Gasteiger partial charge in [-0.25, -0.2) is 4.39 Å². The third kappa shape index (κ3) is 2.23. The second kappa shape index (κ2) is 4.94. The second-order valence-electron chi connectivity index (χ2n) is 4.67. The molecular formula is C16H13FN2O2. The van der Waals surface area contributed by atoms with E-state index in [0.29, 0.717) is 11.3 Å². The van der Waals surface area contributed by atoms with E-state index in [1.807, 2.05) is 6.07 Å². The van der Waals surface area contributed by atoms with Crippen LogP contribution in [0.15, 0.2) is 42.6 Å². The van der Waals surface area contributed by atoms with E-state index in [4.69, 9.17) is 10.5 Å². The standard InChI is InChI=1S/C16H13FN2O2/c1-21-10-3-5-15-12(7-10)13(8-19-15)16(20)11-4-2-9(17)6-14(11)18/h2-8,19H,18H2,1H3. The number of hydrogen-bond donors (Lipinski definition) is 2. The molecule has 2 aromatic carbocycles. The minimum absolute atomic E-state index is 0.122. The number of fused-ring (bicyclic) bond motifs is 1. The minimum atomic E-state index is -0.468. The SMILES string of the molecule is COc1ccc2[nH]cc(C(=O)c3ccc(F)cc3N)c2c1. The van der Waals surface area contributed by atoms with Crippen LogP contribution < -0.4 is 10.5 Å². The number of rotatable bonds is 3. The first-order valence-corrected chi connectivity index (χ1v) is 6.35. The minimum Gasteiger partial charge on any atom is -0.497 e. The van der Waals surface area contributed by atoms with Gasteiger partial charge in [0.2, 0.25) is 0 Å². The van der Waals surface area contributed by atoms with Crippen LogP contribution in [0.3, 0.4) is 0 Å². The molecule has 3 aromatic rings. The average molecular weight is 284 g/mol. The van der Waals surface area contributed by atoms with E-state index < -0.39 is 5.82 Å². The lowest BCUT2D eigenvalue weighted by atomic mass is 10.0. The number of nitrogens with one attached hydrogen (secondary N) is 1. The van der Waals surface area contributed by atoms with Crippen molar-refractivity contribution in [1.29, 1.82) is 0 Å². The van der Waals surface area contributed by atoms with Crippen molar-refractivity contribution in [1.82, 2.24) is 4.98 Å². The average Bonchev–Trinajstić information content (AvgIpc) is 2.89. The molecular weight excluding hydrogens is 271 g/mol. The number of nitrogen functional groups attached to an aromatic ring is 1. The Balaban J connectivity index is 2.13. The number of hydrogen-bond acceptors (Lipinski definition) is 3. The fourth-order valence-corrected chi connectivity index (χ4v) is 2.30. The Morgan fingerprint density at radius 2 is 2.00 bits per heavy atom. The van der Waals surface area contributed by atoms with Gasteiger partial charge >= 0.3 is 0 Å². The summed E-state index contributed by atoms with van der Waals surface area (Å²) in [6.07, 6.45) is 1.62. The normalized spacial score (nSPS) is 10.8. The molecule has 0 unspecified atom stereocenters. The number of ether oxygens (including phenoxy) is 1. The first kappa shape index (κ1) is 13.2. The molecule has 0 saturated heterocycles. The van der Waals surface area contributed by atoms with Crippen LogP contribution in [0.2, 0.25) is 0 Å². The highest BCUT2D eigenvalue weighted by Crippen LogP contribution is 2.27. The van der Waals surface area contributed by atoms with Crippen molar-refractivity contribution in [3.05, 3.63) is 59.5 Å². The molecule has 3 rings (SSSR count). The summed E-state index contributed by atoms with van der Waals surface area (Å²) in [5.74, 6) is -0.0696. The molecule has 4 nitrogen and oxygen atoms in total. The largest absolute Gasteiger partial charge is 0.497 e. The summed E-state index contributed by atoms with van der Waals surface area (Å²) in [5, 5.41) is 0.739. The Morgan fingerprint density at radius 3 is 2.71 bits per heavy atom. The maximum atomic E-state index is 13.1. The van der Waals surface area contributed by atoms with Gasteiger partial charge in [0.1, 0.15) is 11.6 Å². The lowest BCUT2D eigenvalue weighted by Crippen LogP contribution is -2.05. The molecule has 1 heterocycles. The van der Waals surface area contributed by atoms with Gasteiger partial charge in [0.05, 0.1) is 7.11 Å². The van der Waals surface area contributed by atoms with Crippen LogP contribution in [0.1, 0.15) is 15.9 Å². The molecule has 0 aliphatic rings. The fraction of sp³-hybridized carbons (Fsp3) is 0.0625. The number of methoxy groups -OCH3 is 1. The number of aromatic amines is 1. The number of ketones is 1. The molecule has 0 aliphatic carbocycles. The molecule has 21 heavy (non-hydrogen) atoms. The summed E-state index contributed by atoms with van der Waals surface area (Å²) in [6, 6.07) is 9.17. The molecule has 0 radical (unpaired) electrons. The monoisotopic (exact) mass is 284 g/mol. The number of halogens is 1. The van der Waals surface area contributed by atoms with Crippen molar-refractivity contribution in [2.45, 2.75) is 0 Å². The topological polar surface area (TPSA) is 68.1 Å². The molecule has 0 amide bonds. The van der Waals surface area contributed by atoms with Gasteiger partial charge in [-0.2, -0.15) is 0 Å². The Kier molecular flexibility index (Phi) is 3.10. The van der Waals surface area contributed by atoms with Crippen LogP contribution in [0.25, 0.3) is 10.9 Å². The van der Waals surface area contributed by atoms with Crippen molar-refractivity contribution in [3.8, 4) is 5.75 Å². The van der Waals surface area contributed by atoms with Crippen LogP contribution in [0.5, 0.6) is 5.75 Å². The first-order chi connectivity index (χ1) is 10.1. The molecule has 1 aromatic heterocycles. The zero-order chi connectivity index (χ0) is 15.0. The number of anilines is 1. The zero-order valence-corrected chi connectivity index (χ0v) is 11.3. The van der Waals surface area contributed by atoms with Crippen molar-refractivity contribution >= 4 is 22.4 Å².